The zero-order valence-electron chi connectivity index (χ0n) is 12.8. The van der Waals surface area contributed by atoms with Gasteiger partial charge in [0.15, 0.2) is 6.61 Å². The van der Waals surface area contributed by atoms with Crippen LogP contribution in [0.4, 0.5) is 5.69 Å². The van der Waals surface area contributed by atoms with Crippen LogP contribution in [0.15, 0.2) is 18.2 Å². The highest BCUT2D eigenvalue weighted by Gasteiger charge is 2.26. The number of hydrogen-bond acceptors (Lipinski definition) is 4. The van der Waals surface area contributed by atoms with Gasteiger partial charge in [-0.3, -0.25) is 4.79 Å². The lowest BCUT2D eigenvalue weighted by Gasteiger charge is -2.34. The van der Waals surface area contributed by atoms with Crippen molar-refractivity contribution in [3.05, 3.63) is 28.8 Å². The number of ether oxygens (including phenoxy) is 1. The average Bonchev–Trinajstić information content (AvgIpc) is 2.46. The maximum atomic E-state index is 12.1. The molecule has 1 fully saturated rings. The van der Waals surface area contributed by atoms with Crippen LogP contribution in [0.5, 0.6) is 0 Å². The van der Waals surface area contributed by atoms with Crippen LogP contribution in [-0.4, -0.2) is 36.5 Å². The monoisotopic (exact) mass is 324 g/mol. The summed E-state index contributed by atoms with van der Waals surface area (Å²) in [6.45, 7) is 5.43. The number of anilines is 1. The molecule has 5 nitrogen and oxygen atoms in total. The van der Waals surface area contributed by atoms with E-state index in [1.54, 1.807) is 4.90 Å². The van der Waals surface area contributed by atoms with Crippen molar-refractivity contribution in [1.82, 2.24) is 4.90 Å². The molecule has 2 atom stereocenters. The van der Waals surface area contributed by atoms with Gasteiger partial charge in [-0.25, -0.2) is 4.79 Å². The van der Waals surface area contributed by atoms with Crippen molar-refractivity contribution < 1.29 is 14.3 Å². The quantitative estimate of drug-likeness (QED) is 0.685. The van der Waals surface area contributed by atoms with Crippen molar-refractivity contribution in [3.8, 4) is 0 Å². The second-order valence-electron chi connectivity index (χ2n) is 6.06. The minimum absolute atomic E-state index is 0.159. The zero-order chi connectivity index (χ0) is 16.3. The Bertz CT molecular complexity index is 567. The first-order chi connectivity index (χ1) is 10.4. The fourth-order valence-electron chi connectivity index (χ4n) is 2.84. The first kappa shape index (κ1) is 16.6. The molecule has 0 saturated carbocycles. The number of carbonyl (C=O) groups is 2. The average molecular weight is 325 g/mol. The first-order valence-electron chi connectivity index (χ1n) is 7.36. The predicted molar refractivity (Wildman–Crippen MR) is 85.7 cm³/mol. The molecule has 6 heteroatoms. The number of nitrogens with two attached hydrogens (primary N) is 1. The summed E-state index contributed by atoms with van der Waals surface area (Å²) in [6, 6.07) is 4.50. The number of nitrogens with zero attached hydrogens (tertiary/aromatic N) is 1. The number of nitrogen functional groups attached to an aromatic ring is 1. The zero-order valence-corrected chi connectivity index (χ0v) is 13.6. The van der Waals surface area contributed by atoms with Gasteiger partial charge >= 0.3 is 5.97 Å². The summed E-state index contributed by atoms with van der Waals surface area (Å²) in [4.78, 5) is 25.8. The van der Waals surface area contributed by atoms with Crippen LogP contribution >= 0.6 is 11.6 Å². The number of benzene rings is 1. The fraction of sp³-hybridized carbons (Fsp3) is 0.500. The topological polar surface area (TPSA) is 72.6 Å². The maximum absolute atomic E-state index is 12.1. The van der Waals surface area contributed by atoms with E-state index in [0.717, 1.165) is 6.42 Å². The molecule has 1 aliphatic rings. The van der Waals surface area contributed by atoms with E-state index in [0.29, 0.717) is 35.6 Å². The minimum atomic E-state index is -0.574. The molecule has 1 saturated heterocycles. The molecular weight excluding hydrogens is 304 g/mol. The van der Waals surface area contributed by atoms with Gasteiger partial charge in [0, 0.05) is 13.1 Å². The van der Waals surface area contributed by atoms with Crippen molar-refractivity contribution in [2.75, 3.05) is 25.4 Å². The van der Waals surface area contributed by atoms with E-state index in [4.69, 9.17) is 22.1 Å². The highest BCUT2D eigenvalue weighted by atomic mass is 35.5. The third-order valence-corrected chi connectivity index (χ3v) is 4.12. The molecule has 0 aromatic heterocycles. The second-order valence-corrected chi connectivity index (χ2v) is 6.46. The molecule has 1 aromatic rings. The third kappa shape index (κ3) is 4.13. The van der Waals surface area contributed by atoms with E-state index in [1.807, 2.05) is 0 Å². The van der Waals surface area contributed by atoms with Gasteiger partial charge in [0.1, 0.15) is 0 Å². The van der Waals surface area contributed by atoms with Crippen molar-refractivity contribution in [2.45, 2.75) is 20.3 Å². The molecule has 1 heterocycles. The van der Waals surface area contributed by atoms with Crippen LogP contribution in [0, 0.1) is 11.8 Å². The molecule has 2 N–H and O–H groups in total. The van der Waals surface area contributed by atoms with E-state index in [1.165, 1.54) is 18.2 Å². The Morgan fingerprint density at radius 1 is 1.32 bits per heavy atom. The predicted octanol–water partition coefficient (Wildman–Crippen LogP) is 2.58. The van der Waals surface area contributed by atoms with Gasteiger partial charge in [-0.05, 0) is 36.5 Å². The number of halogens is 1. The van der Waals surface area contributed by atoms with Crippen molar-refractivity contribution in [3.63, 3.8) is 0 Å². The van der Waals surface area contributed by atoms with Gasteiger partial charge in [-0.2, -0.15) is 0 Å². The Morgan fingerprint density at radius 3 is 2.55 bits per heavy atom. The van der Waals surface area contributed by atoms with E-state index in [2.05, 4.69) is 13.8 Å². The number of esters is 1. The van der Waals surface area contributed by atoms with Gasteiger partial charge in [0.05, 0.1) is 16.3 Å². The van der Waals surface area contributed by atoms with Gasteiger partial charge in [-0.1, -0.05) is 25.4 Å². The van der Waals surface area contributed by atoms with Crippen molar-refractivity contribution in [2.24, 2.45) is 11.8 Å². The molecule has 1 amide bonds. The van der Waals surface area contributed by atoms with Crippen LogP contribution in [0.2, 0.25) is 5.02 Å². The molecule has 1 aliphatic heterocycles. The lowest BCUT2D eigenvalue weighted by Crippen LogP contribution is -2.44. The Kier molecular flexibility index (Phi) is 5.29. The first-order valence-corrected chi connectivity index (χ1v) is 7.74. The van der Waals surface area contributed by atoms with E-state index < -0.39 is 5.97 Å². The summed E-state index contributed by atoms with van der Waals surface area (Å²) >= 11 is 5.80. The summed E-state index contributed by atoms with van der Waals surface area (Å²) < 4.78 is 5.08. The van der Waals surface area contributed by atoms with E-state index >= 15 is 0 Å². The van der Waals surface area contributed by atoms with Crippen LogP contribution in [0.1, 0.15) is 30.6 Å². The summed E-state index contributed by atoms with van der Waals surface area (Å²) in [5.41, 5.74) is 6.24. The van der Waals surface area contributed by atoms with Crippen LogP contribution in [0.3, 0.4) is 0 Å². The molecule has 0 aliphatic carbocycles. The smallest absolute Gasteiger partial charge is 0.338 e. The number of rotatable bonds is 3. The standard InChI is InChI=1S/C16H21ClN2O3/c1-10-5-11(2)8-19(7-10)15(20)9-22-16(21)12-3-4-13(17)14(18)6-12/h3-4,6,10-11H,5,7-9,18H2,1-2H3. The molecule has 0 radical (unpaired) electrons. The van der Waals surface area contributed by atoms with Gasteiger partial charge in [-0.15, -0.1) is 0 Å². The van der Waals surface area contributed by atoms with Gasteiger partial charge < -0.3 is 15.4 Å². The molecule has 120 valence electrons. The minimum Gasteiger partial charge on any atom is -0.452 e. The summed E-state index contributed by atoms with van der Waals surface area (Å²) in [6.07, 6.45) is 1.12. The largest absolute Gasteiger partial charge is 0.452 e. The number of hydrogen-bond donors (Lipinski definition) is 1. The van der Waals surface area contributed by atoms with Gasteiger partial charge in [0.25, 0.3) is 5.91 Å². The highest BCUT2D eigenvalue weighted by molar-refractivity contribution is 6.33. The third-order valence-electron chi connectivity index (χ3n) is 3.78. The molecule has 22 heavy (non-hydrogen) atoms. The van der Waals surface area contributed by atoms with E-state index in [-0.39, 0.29) is 18.1 Å². The molecule has 2 unspecified atom stereocenters. The van der Waals surface area contributed by atoms with Crippen molar-refractivity contribution in [1.29, 1.82) is 0 Å². The number of amides is 1. The fourth-order valence-corrected chi connectivity index (χ4v) is 2.96. The van der Waals surface area contributed by atoms with Crippen LogP contribution < -0.4 is 5.73 Å². The normalized spacial score (nSPS) is 21.5. The number of piperidine rings is 1. The Morgan fingerprint density at radius 2 is 1.95 bits per heavy atom. The molecule has 2 rings (SSSR count). The lowest BCUT2D eigenvalue weighted by atomic mass is 9.92. The maximum Gasteiger partial charge on any atom is 0.338 e. The summed E-state index contributed by atoms with van der Waals surface area (Å²) in [7, 11) is 0. The Balaban J connectivity index is 1.90. The van der Waals surface area contributed by atoms with E-state index in [9.17, 15) is 9.59 Å². The second kappa shape index (κ2) is 7.01. The SMILES string of the molecule is CC1CC(C)CN(C(=O)COC(=O)c2ccc(Cl)c(N)c2)C1. The van der Waals surface area contributed by atoms with Gasteiger partial charge in [0.2, 0.25) is 0 Å². The number of likely N-dealkylation sites (tertiary alicyclic amines) is 1. The Labute approximate surface area is 135 Å². The molecule has 1 aromatic carbocycles. The summed E-state index contributed by atoms with van der Waals surface area (Å²) in [5.74, 6) is 0.211. The molecule has 0 spiro atoms. The highest BCUT2D eigenvalue weighted by Crippen LogP contribution is 2.22. The molecular formula is C16H21ClN2O3. The summed E-state index contributed by atoms with van der Waals surface area (Å²) in [5, 5.41) is 0.379. The van der Waals surface area contributed by atoms with Crippen LogP contribution in [-0.2, 0) is 9.53 Å². The Hall–Kier alpha value is -1.75. The lowest BCUT2D eigenvalue weighted by molar-refractivity contribution is -0.137. The molecule has 0 bridgehead atoms. The van der Waals surface area contributed by atoms with Crippen molar-refractivity contribution >= 4 is 29.2 Å². The van der Waals surface area contributed by atoms with Crippen LogP contribution in [0.25, 0.3) is 0 Å². The number of carbonyl (C=O) groups excluding carboxylic acids is 2.